The van der Waals surface area contributed by atoms with E-state index in [4.69, 9.17) is 4.42 Å². The molecule has 0 bridgehead atoms. The monoisotopic (exact) mass is 273 g/mol. The van der Waals surface area contributed by atoms with E-state index >= 15 is 0 Å². The van der Waals surface area contributed by atoms with Gasteiger partial charge in [-0.2, -0.15) is 5.10 Å². The molecule has 7 nitrogen and oxygen atoms in total. The predicted molar refractivity (Wildman–Crippen MR) is 71.6 cm³/mol. The number of nitrogens with zero attached hydrogens (tertiary/aromatic N) is 2. The molecule has 0 aliphatic carbocycles. The summed E-state index contributed by atoms with van der Waals surface area (Å²) in [5.74, 6) is 0.0366. The number of carbonyl (C=O) groups excluding carboxylic acids is 1. The van der Waals surface area contributed by atoms with Gasteiger partial charge in [0.15, 0.2) is 0 Å². The zero-order valence-corrected chi connectivity index (χ0v) is 10.6. The molecule has 1 aromatic carbocycles. The van der Waals surface area contributed by atoms with E-state index in [0.29, 0.717) is 16.9 Å². The Morgan fingerprint density at radius 1 is 1.40 bits per heavy atom. The topological polar surface area (TPSA) is 97.7 Å². The number of rotatable bonds is 4. The minimum atomic E-state index is -0.511. The SMILES string of the molecule is Cc1occc1C(=O)NN=Cc1ccccc1[N+](=O)[O-]. The molecule has 0 fully saturated rings. The Kier molecular flexibility index (Phi) is 3.90. The van der Waals surface area contributed by atoms with Gasteiger partial charge in [0.1, 0.15) is 5.76 Å². The van der Waals surface area contributed by atoms with Crippen LogP contribution in [-0.2, 0) is 0 Å². The van der Waals surface area contributed by atoms with E-state index in [1.165, 1.54) is 30.7 Å². The maximum absolute atomic E-state index is 11.7. The number of amides is 1. The van der Waals surface area contributed by atoms with Crippen LogP contribution in [-0.4, -0.2) is 17.0 Å². The Balaban J connectivity index is 2.10. The summed E-state index contributed by atoms with van der Waals surface area (Å²) in [6.45, 7) is 1.65. The summed E-state index contributed by atoms with van der Waals surface area (Å²) in [7, 11) is 0. The smallest absolute Gasteiger partial charge is 0.278 e. The molecule has 1 amide bonds. The summed E-state index contributed by atoms with van der Waals surface area (Å²) < 4.78 is 5.00. The second-order valence-electron chi connectivity index (χ2n) is 3.91. The first-order valence-corrected chi connectivity index (χ1v) is 5.70. The van der Waals surface area contributed by atoms with E-state index in [-0.39, 0.29) is 5.69 Å². The minimum absolute atomic E-state index is 0.0787. The van der Waals surface area contributed by atoms with Gasteiger partial charge in [0.05, 0.1) is 28.5 Å². The molecule has 0 spiro atoms. The molecule has 102 valence electrons. The highest BCUT2D eigenvalue weighted by Gasteiger charge is 2.12. The quantitative estimate of drug-likeness (QED) is 0.524. The number of hydrogen-bond acceptors (Lipinski definition) is 5. The fourth-order valence-electron chi connectivity index (χ4n) is 1.60. The van der Waals surface area contributed by atoms with Crippen molar-refractivity contribution in [3.05, 3.63) is 63.6 Å². The Morgan fingerprint density at radius 3 is 2.80 bits per heavy atom. The van der Waals surface area contributed by atoms with Crippen molar-refractivity contribution in [3.63, 3.8) is 0 Å². The van der Waals surface area contributed by atoms with Crippen molar-refractivity contribution in [1.29, 1.82) is 0 Å². The summed E-state index contributed by atoms with van der Waals surface area (Å²) in [5.41, 5.74) is 2.88. The highest BCUT2D eigenvalue weighted by Crippen LogP contribution is 2.15. The van der Waals surface area contributed by atoms with Gasteiger partial charge in [-0.3, -0.25) is 14.9 Å². The number of nitro groups is 1. The van der Waals surface area contributed by atoms with Crippen LogP contribution in [0.2, 0.25) is 0 Å². The lowest BCUT2D eigenvalue weighted by Crippen LogP contribution is -2.17. The molecule has 1 N–H and O–H groups in total. The number of para-hydroxylation sites is 1. The lowest BCUT2D eigenvalue weighted by atomic mass is 10.2. The normalized spacial score (nSPS) is 10.7. The third-order valence-corrected chi connectivity index (χ3v) is 2.61. The number of benzene rings is 1. The van der Waals surface area contributed by atoms with Crippen molar-refractivity contribution in [2.75, 3.05) is 0 Å². The Morgan fingerprint density at radius 2 is 2.15 bits per heavy atom. The number of furan rings is 1. The number of aryl methyl sites for hydroxylation is 1. The van der Waals surface area contributed by atoms with E-state index in [2.05, 4.69) is 10.5 Å². The summed E-state index contributed by atoms with van der Waals surface area (Å²) >= 11 is 0. The van der Waals surface area contributed by atoms with Gasteiger partial charge in [0, 0.05) is 6.07 Å². The van der Waals surface area contributed by atoms with Crippen molar-refractivity contribution >= 4 is 17.8 Å². The van der Waals surface area contributed by atoms with Crippen LogP contribution in [0.5, 0.6) is 0 Å². The van der Waals surface area contributed by atoms with Crippen molar-refractivity contribution in [2.24, 2.45) is 5.10 Å². The number of hydrazone groups is 1. The van der Waals surface area contributed by atoms with Crippen molar-refractivity contribution < 1.29 is 14.1 Å². The van der Waals surface area contributed by atoms with Crippen LogP contribution < -0.4 is 5.43 Å². The van der Waals surface area contributed by atoms with Crippen molar-refractivity contribution in [3.8, 4) is 0 Å². The summed E-state index contributed by atoms with van der Waals surface area (Å²) in [6.07, 6.45) is 2.63. The molecule has 2 rings (SSSR count). The fourth-order valence-corrected chi connectivity index (χ4v) is 1.60. The molecule has 2 aromatic rings. The van der Waals surface area contributed by atoms with Crippen LogP contribution in [0, 0.1) is 17.0 Å². The van der Waals surface area contributed by atoms with E-state index in [9.17, 15) is 14.9 Å². The van der Waals surface area contributed by atoms with Crippen molar-refractivity contribution in [2.45, 2.75) is 6.92 Å². The first-order chi connectivity index (χ1) is 9.59. The number of carbonyl (C=O) groups is 1. The summed E-state index contributed by atoms with van der Waals surface area (Å²) in [4.78, 5) is 22.0. The Hall–Kier alpha value is -2.96. The second-order valence-corrected chi connectivity index (χ2v) is 3.91. The maximum atomic E-state index is 11.7. The molecule has 1 aromatic heterocycles. The van der Waals surface area contributed by atoms with Gasteiger partial charge >= 0.3 is 0 Å². The zero-order chi connectivity index (χ0) is 14.5. The third-order valence-electron chi connectivity index (χ3n) is 2.61. The van der Waals surface area contributed by atoms with E-state index in [1.54, 1.807) is 19.1 Å². The standard InChI is InChI=1S/C13H11N3O4/c1-9-11(6-7-20-9)13(17)15-14-8-10-4-2-3-5-12(10)16(18)19/h2-8H,1H3,(H,15,17). The predicted octanol–water partition coefficient (Wildman–Crippen LogP) is 2.26. The van der Waals surface area contributed by atoms with Crippen LogP contribution >= 0.6 is 0 Å². The number of nitro benzene ring substituents is 1. The molecule has 0 aliphatic heterocycles. The van der Waals surface area contributed by atoms with E-state index in [1.807, 2.05) is 0 Å². The molecule has 0 saturated heterocycles. The van der Waals surface area contributed by atoms with Crippen LogP contribution in [0.25, 0.3) is 0 Å². The van der Waals surface area contributed by atoms with Crippen LogP contribution in [0.3, 0.4) is 0 Å². The van der Waals surface area contributed by atoms with Gasteiger partial charge in [0.2, 0.25) is 0 Å². The van der Waals surface area contributed by atoms with Crippen molar-refractivity contribution in [1.82, 2.24) is 5.43 Å². The third kappa shape index (κ3) is 2.89. The number of nitrogens with one attached hydrogen (secondary N) is 1. The fraction of sp³-hybridized carbons (Fsp3) is 0.0769. The molecular weight excluding hydrogens is 262 g/mol. The zero-order valence-electron chi connectivity index (χ0n) is 10.6. The lowest BCUT2D eigenvalue weighted by Gasteiger charge is -1.98. The molecule has 0 atom stereocenters. The first kappa shape index (κ1) is 13.5. The van der Waals surface area contributed by atoms with Gasteiger partial charge in [0.25, 0.3) is 11.6 Å². The van der Waals surface area contributed by atoms with Crippen LogP contribution in [0.1, 0.15) is 21.7 Å². The van der Waals surface area contributed by atoms with Gasteiger partial charge in [-0.15, -0.1) is 0 Å². The molecular formula is C13H11N3O4. The Labute approximate surface area is 114 Å². The number of hydrogen-bond donors (Lipinski definition) is 1. The van der Waals surface area contributed by atoms with Crippen LogP contribution in [0.4, 0.5) is 5.69 Å². The average molecular weight is 273 g/mol. The molecule has 1 heterocycles. The van der Waals surface area contributed by atoms with Gasteiger partial charge in [-0.25, -0.2) is 5.43 Å². The Bertz CT molecular complexity index is 676. The highest BCUT2D eigenvalue weighted by molar-refractivity contribution is 5.96. The summed E-state index contributed by atoms with van der Waals surface area (Å²) in [6, 6.07) is 7.63. The second kappa shape index (κ2) is 5.79. The highest BCUT2D eigenvalue weighted by atomic mass is 16.6. The molecule has 0 saturated carbocycles. The minimum Gasteiger partial charge on any atom is -0.469 e. The molecule has 20 heavy (non-hydrogen) atoms. The van der Waals surface area contributed by atoms with E-state index in [0.717, 1.165) is 0 Å². The lowest BCUT2D eigenvalue weighted by molar-refractivity contribution is -0.385. The average Bonchev–Trinajstić information content (AvgIpc) is 2.85. The summed E-state index contributed by atoms with van der Waals surface area (Å²) in [5, 5.41) is 14.5. The maximum Gasteiger partial charge on any atom is 0.278 e. The van der Waals surface area contributed by atoms with Crippen LogP contribution in [0.15, 0.2) is 46.1 Å². The molecule has 0 radical (unpaired) electrons. The largest absolute Gasteiger partial charge is 0.469 e. The van der Waals surface area contributed by atoms with E-state index < -0.39 is 10.8 Å². The molecule has 0 aliphatic rings. The van der Waals surface area contributed by atoms with Gasteiger partial charge in [-0.05, 0) is 19.1 Å². The molecule has 7 heteroatoms. The van der Waals surface area contributed by atoms with Gasteiger partial charge in [-0.1, -0.05) is 12.1 Å². The molecule has 0 unspecified atom stereocenters. The first-order valence-electron chi connectivity index (χ1n) is 5.70. The van der Waals surface area contributed by atoms with Gasteiger partial charge < -0.3 is 4.42 Å².